The van der Waals surface area contributed by atoms with Crippen LogP contribution in [0.3, 0.4) is 0 Å². The average Bonchev–Trinajstić information content (AvgIpc) is 2.37. The van der Waals surface area contributed by atoms with Gasteiger partial charge in [-0.05, 0) is 30.9 Å². The summed E-state index contributed by atoms with van der Waals surface area (Å²) in [5.74, 6) is 0.485. The van der Waals surface area contributed by atoms with Crippen LogP contribution in [0.4, 0.5) is 11.4 Å². The number of ether oxygens (including phenoxy) is 1. The summed E-state index contributed by atoms with van der Waals surface area (Å²) < 4.78 is 5.43. The van der Waals surface area contributed by atoms with E-state index in [4.69, 9.17) is 33.7 Å². The van der Waals surface area contributed by atoms with Crippen LogP contribution in [0.1, 0.15) is 33.1 Å². The van der Waals surface area contributed by atoms with Gasteiger partial charge in [-0.3, -0.25) is 4.79 Å². The topological polar surface area (TPSA) is 64.3 Å². The summed E-state index contributed by atoms with van der Waals surface area (Å²) in [6.45, 7) is 5.41. The molecule has 0 aliphatic rings. The minimum atomic E-state index is -0.188. The number of nitrogens with one attached hydrogen (secondary N) is 1. The lowest BCUT2D eigenvalue weighted by Crippen LogP contribution is -2.15. The molecule has 0 bridgehead atoms. The van der Waals surface area contributed by atoms with E-state index in [1.807, 2.05) is 0 Å². The number of carbonyl (C=O) groups excluding carboxylic acids is 1. The van der Waals surface area contributed by atoms with Crippen molar-refractivity contribution in [2.75, 3.05) is 24.3 Å². The van der Waals surface area contributed by atoms with Crippen LogP contribution in [0.5, 0.6) is 0 Å². The predicted octanol–water partition coefficient (Wildman–Crippen LogP) is 4.36. The molecule has 0 heterocycles. The van der Waals surface area contributed by atoms with Gasteiger partial charge in [0.1, 0.15) is 0 Å². The molecular formula is C15H22Cl2N2O2. The molecule has 3 N–H and O–H groups in total. The maximum atomic E-state index is 11.8. The molecule has 0 radical (unpaired) electrons. The normalized spacial score (nSPS) is 10.9. The highest BCUT2D eigenvalue weighted by Gasteiger charge is 2.10. The quantitative estimate of drug-likeness (QED) is 0.549. The summed E-state index contributed by atoms with van der Waals surface area (Å²) in [7, 11) is 0. The van der Waals surface area contributed by atoms with Crippen LogP contribution < -0.4 is 11.1 Å². The molecule has 0 aromatic heterocycles. The van der Waals surface area contributed by atoms with Crippen molar-refractivity contribution in [2.45, 2.75) is 33.1 Å². The number of rotatable bonds is 8. The van der Waals surface area contributed by atoms with Gasteiger partial charge in [-0.2, -0.15) is 0 Å². The molecule has 4 nitrogen and oxygen atoms in total. The number of hydrogen-bond acceptors (Lipinski definition) is 3. The van der Waals surface area contributed by atoms with Crippen molar-refractivity contribution in [1.82, 2.24) is 0 Å². The summed E-state index contributed by atoms with van der Waals surface area (Å²) in [6.07, 6.45) is 2.40. The van der Waals surface area contributed by atoms with Gasteiger partial charge >= 0.3 is 0 Å². The van der Waals surface area contributed by atoms with E-state index in [1.54, 1.807) is 12.1 Å². The Balaban J connectivity index is 2.31. The van der Waals surface area contributed by atoms with Gasteiger partial charge < -0.3 is 15.8 Å². The van der Waals surface area contributed by atoms with Crippen LogP contribution in [-0.2, 0) is 9.53 Å². The molecule has 0 aliphatic carbocycles. The third-order valence-corrected chi connectivity index (χ3v) is 3.47. The van der Waals surface area contributed by atoms with Crippen LogP contribution in [0, 0.1) is 5.92 Å². The van der Waals surface area contributed by atoms with Gasteiger partial charge in [-0.15, -0.1) is 0 Å². The Kier molecular flexibility index (Phi) is 7.86. The van der Waals surface area contributed by atoms with Crippen LogP contribution in [-0.4, -0.2) is 19.1 Å². The van der Waals surface area contributed by atoms with Gasteiger partial charge in [0.05, 0.1) is 28.8 Å². The highest BCUT2D eigenvalue weighted by molar-refractivity contribution is 6.40. The van der Waals surface area contributed by atoms with Crippen molar-refractivity contribution in [3.8, 4) is 0 Å². The van der Waals surface area contributed by atoms with E-state index in [0.717, 1.165) is 12.8 Å². The van der Waals surface area contributed by atoms with Crippen molar-refractivity contribution in [3.63, 3.8) is 0 Å². The van der Waals surface area contributed by atoms with E-state index in [-0.39, 0.29) is 12.3 Å². The van der Waals surface area contributed by atoms with Crippen molar-refractivity contribution >= 4 is 40.5 Å². The summed E-state index contributed by atoms with van der Waals surface area (Å²) in [5, 5.41) is 3.33. The lowest BCUT2D eigenvalue weighted by Gasteiger charge is -2.10. The molecule has 1 aromatic rings. The standard InChI is InChI=1S/C15H22Cl2N2O2/c1-10(2)4-3-6-21-7-5-14(20)19-15-12(16)8-11(18)9-13(15)17/h8-10H,3-7,18H2,1-2H3,(H,19,20). The fourth-order valence-electron chi connectivity index (χ4n) is 1.77. The number of anilines is 2. The second-order valence-electron chi connectivity index (χ2n) is 5.31. The molecule has 0 unspecified atom stereocenters. The molecule has 1 aromatic carbocycles. The first-order valence-corrected chi connectivity index (χ1v) is 7.78. The molecule has 0 aliphatic heterocycles. The highest BCUT2D eigenvalue weighted by Crippen LogP contribution is 2.32. The average molecular weight is 333 g/mol. The third-order valence-electron chi connectivity index (χ3n) is 2.87. The van der Waals surface area contributed by atoms with Crippen molar-refractivity contribution in [1.29, 1.82) is 0 Å². The monoisotopic (exact) mass is 332 g/mol. The summed E-state index contributed by atoms with van der Waals surface area (Å²) >= 11 is 12.0. The SMILES string of the molecule is CC(C)CCCOCCC(=O)Nc1c(Cl)cc(N)cc1Cl. The molecule has 0 saturated heterocycles. The van der Waals surface area contributed by atoms with Crippen LogP contribution >= 0.6 is 23.2 Å². The molecule has 0 saturated carbocycles. The van der Waals surface area contributed by atoms with Crippen molar-refractivity contribution in [3.05, 3.63) is 22.2 Å². The second-order valence-corrected chi connectivity index (χ2v) is 6.12. The number of amides is 1. The number of carbonyl (C=O) groups is 1. The Morgan fingerprint density at radius 3 is 2.48 bits per heavy atom. The molecule has 0 fully saturated rings. The molecule has 6 heteroatoms. The molecule has 118 valence electrons. The van der Waals surface area contributed by atoms with Gasteiger partial charge in [-0.25, -0.2) is 0 Å². The fraction of sp³-hybridized carbons (Fsp3) is 0.533. The van der Waals surface area contributed by atoms with E-state index >= 15 is 0 Å². The Labute approximate surface area is 135 Å². The van der Waals surface area contributed by atoms with Gasteiger partial charge in [0.25, 0.3) is 0 Å². The van der Waals surface area contributed by atoms with Gasteiger partial charge in [0, 0.05) is 12.3 Å². The number of halogens is 2. The first-order chi connectivity index (χ1) is 9.90. The van der Waals surface area contributed by atoms with Gasteiger partial charge in [-0.1, -0.05) is 37.0 Å². The molecule has 1 amide bonds. The minimum Gasteiger partial charge on any atom is -0.399 e. The number of nitrogens with two attached hydrogens (primary N) is 1. The summed E-state index contributed by atoms with van der Waals surface area (Å²) in [5.41, 5.74) is 6.45. The highest BCUT2D eigenvalue weighted by atomic mass is 35.5. The smallest absolute Gasteiger partial charge is 0.226 e. The largest absolute Gasteiger partial charge is 0.399 e. The lowest BCUT2D eigenvalue weighted by atomic mass is 10.1. The van der Waals surface area contributed by atoms with Crippen LogP contribution in [0.15, 0.2) is 12.1 Å². The minimum absolute atomic E-state index is 0.188. The molecule has 0 spiro atoms. The lowest BCUT2D eigenvalue weighted by molar-refractivity contribution is -0.117. The molecular weight excluding hydrogens is 311 g/mol. The maximum absolute atomic E-state index is 11.8. The number of benzene rings is 1. The first kappa shape index (κ1) is 18.1. The number of nitrogen functional groups attached to an aromatic ring is 1. The third kappa shape index (κ3) is 7.02. The summed E-state index contributed by atoms with van der Waals surface area (Å²) in [4.78, 5) is 11.8. The van der Waals surface area contributed by atoms with Crippen molar-refractivity contribution in [2.24, 2.45) is 5.92 Å². The van der Waals surface area contributed by atoms with E-state index in [9.17, 15) is 4.79 Å². The molecule has 0 atom stereocenters. The van der Waals surface area contributed by atoms with Gasteiger partial charge in [0.15, 0.2) is 0 Å². The Hall–Kier alpha value is -0.970. The Morgan fingerprint density at radius 2 is 1.90 bits per heavy atom. The van der Waals surface area contributed by atoms with Crippen molar-refractivity contribution < 1.29 is 9.53 Å². The Morgan fingerprint density at radius 1 is 1.29 bits per heavy atom. The van der Waals surface area contributed by atoms with E-state index in [1.165, 1.54) is 0 Å². The van der Waals surface area contributed by atoms with E-state index in [2.05, 4.69) is 19.2 Å². The zero-order valence-corrected chi connectivity index (χ0v) is 13.9. The fourth-order valence-corrected chi connectivity index (χ4v) is 2.37. The van der Waals surface area contributed by atoms with Crippen LogP contribution in [0.25, 0.3) is 0 Å². The number of hydrogen-bond donors (Lipinski definition) is 2. The Bertz CT molecular complexity index is 456. The van der Waals surface area contributed by atoms with Gasteiger partial charge in [0.2, 0.25) is 5.91 Å². The zero-order chi connectivity index (χ0) is 15.8. The van der Waals surface area contributed by atoms with Crippen LogP contribution in [0.2, 0.25) is 10.0 Å². The first-order valence-electron chi connectivity index (χ1n) is 7.02. The maximum Gasteiger partial charge on any atom is 0.226 e. The molecule has 1 rings (SSSR count). The van der Waals surface area contributed by atoms with E-state index < -0.39 is 0 Å². The zero-order valence-electron chi connectivity index (χ0n) is 12.4. The van der Waals surface area contributed by atoms with E-state index in [0.29, 0.717) is 40.6 Å². The molecule has 21 heavy (non-hydrogen) atoms. The predicted molar refractivity (Wildman–Crippen MR) is 89.0 cm³/mol. The second kappa shape index (κ2) is 9.13. The summed E-state index contributed by atoms with van der Waals surface area (Å²) in [6, 6.07) is 3.09.